The largest absolute Gasteiger partial charge is 0.424 e. The van der Waals surface area contributed by atoms with E-state index in [1.54, 1.807) is 12.1 Å². The molecule has 1 aliphatic carbocycles. The molecule has 0 bridgehead atoms. The minimum Gasteiger partial charge on any atom is -0.424 e. The molecule has 162 valence electrons. The molecule has 1 aliphatic rings. The topological polar surface area (TPSA) is 71.2 Å². The van der Waals surface area contributed by atoms with Crippen LogP contribution in [0.15, 0.2) is 41.2 Å². The number of carbonyl (C=O) groups excluding carboxylic acids is 1. The molecule has 0 amide bonds. The number of fused-ring (bicyclic) bond motifs is 2. The van der Waals surface area contributed by atoms with E-state index in [9.17, 15) is 9.59 Å². The molecule has 0 fully saturated rings. The lowest BCUT2D eigenvalue weighted by molar-refractivity contribution is -0.131. The molecule has 0 aliphatic heterocycles. The Hall–Kier alpha value is -2.92. The second-order valence-corrected chi connectivity index (χ2v) is 8.33. The first kappa shape index (κ1) is 21.3. The average Bonchev–Trinajstić information content (AvgIpc) is 3.15. The third-order valence-corrected chi connectivity index (χ3v) is 6.24. The summed E-state index contributed by atoms with van der Waals surface area (Å²) in [6, 6.07) is 12.3. The summed E-state index contributed by atoms with van der Waals surface area (Å²) in [5.41, 5.74) is 7.42. The number of aryl methyl sites for hydroxylation is 2. The van der Waals surface area contributed by atoms with E-state index in [4.69, 9.17) is 4.74 Å². The fourth-order valence-electron chi connectivity index (χ4n) is 4.73. The van der Waals surface area contributed by atoms with Crippen LogP contribution in [-0.4, -0.2) is 23.5 Å². The summed E-state index contributed by atoms with van der Waals surface area (Å²) < 4.78 is 5.27. The van der Waals surface area contributed by atoms with Crippen molar-refractivity contribution >= 4 is 16.9 Å². The van der Waals surface area contributed by atoms with Crippen molar-refractivity contribution < 1.29 is 9.53 Å². The third kappa shape index (κ3) is 4.57. The first-order valence-corrected chi connectivity index (χ1v) is 11.2. The van der Waals surface area contributed by atoms with E-state index in [-0.39, 0.29) is 5.56 Å². The summed E-state index contributed by atoms with van der Waals surface area (Å²) in [4.78, 5) is 26.0. The van der Waals surface area contributed by atoms with Gasteiger partial charge in [0.25, 0.3) is 0 Å². The number of nitrogens with one attached hydrogen (secondary N) is 2. The molecule has 5 nitrogen and oxygen atoms in total. The highest BCUT2D eigenvalue weighted by molar-refractivity contribution is 5.89. The minimum absolute atomic E-state index is 0.210. The second kappa shape index (κ2) is 9.06. The molecule has 0 spiro atoms. The molecular weight excluding hydrogens is 388 g/mol. The normalized spacial score (nSPS) is 13.5. The number of aromatic nitrogens is 1. The lowest BCUT2D eigenvalue weighted by atomic mass is 9.97. The van der Waals surface area contributed by atoms with Crippen LogP contribution in [0.4, 0.5) is 0 Å². The molecule has 4 rings (SSSR count). The van der Waals surface area contributed by atoms with Gasteiger partial charge in [0, 0.05) is 24.4 Å². The highest BCUT2D eigenvalue weighted by Crippen LogP contribution is 2.28. The number of ether oxygens (including phenoxy) is 1. The van der Waals surface area contributed by atoms with Gasteiger partial charge in [-0.2, -0.15) is 0 Å². The van der Waals surface area contributed by atoms with Crippen LogP contribution in [-0.2, 0) is 36.9 Å². The number of benzene rings is 2. The third-order valence-electron chi connectivity index (χ3n) is 6.24. The number of hydrogen-bond acceptors (Lipinski definition) is 4. The highest BCUT2D eigenvalue weighted by Gasteiger charge is 2.22. The maximum atomic E-state index is 11.8. The van der Waals surface area contributed by atoms with Gasteiger partial charge in [0.2, 0.25) is 5.56 Å². The van der Waals surface area contributed by atoms with Crippen molar-refractivity contribution in [3.63, 3.8) is 0 Å². The number of carbonyl (C=O) groups is 1. The molecule has 5 heteroatoms. The molecule has 0 radical (unpaired) electrons. The van der Waals surface area contributed by atoms with E-state index in [1.165, 1.54) is 35.2 Å². The Morgan fingerprint density at radius 3 is 2.32 bits per heavy atom. The van der Waals surface area contributed by atoms with Crippen molar-refractivity contribution in [1.29, 1.82) is 0 Å². The van der Waals surface area contributed by atoms with Gasteiger partial charge in [0.15, 0.2) is 5.75 Å². The maximum absolute atomic E-state index is 11.8. The molecule has 1 heterocycles. The van der Waals surface area contributed by atoms with Crippen molar-refractivity contribution in [1.82, 2.24) is 10.3 Å². The lowest BCUT2D eigenvalue weighted by Gasteiger charge is -2.14. The van der Waals surface area contributed by atoms with Crippen molar-refractivity contribution in [3.05, 3.63) is 74.6 Å². The van der Waals surface area contributed by atoms with Crippen molar-refractivity contribution in [2.75, 3.05) is 6.54 Å². The van der Waals surface area contributed by atoms with Crippen molar-refractivity contribution in [2.24, 2.45) is 0 Å². The summed E-state index contributed by atoms with van der Waals surface area (Å²) in [5.74, 6) is -0.0136. The predicted octanol–water partition coefficient (Wildman–Crippen LogP) is 3.88. The van der Waals surface area contributed by atoms with Crippen LogP contribution in [0.2, 0.25) is 0 Å². The number of esters is 1. The van der Waals surface area contributed by atoms with E-state index < -0.39 is 5.97 Å². The molecular formula is C26H30N2O3. The van der Waals surface area contributed by atoms with Gasteiger partial charge in [-0.25, -0.2) is 0 Å². The summed E-state index contributed by atoms with van der Waals surface area (Å²) in [5, 5.41) is 4.63. The monoisotopic (exact) mass is 418 g/mol. The van der Waals surface area contributed by atoms with Crippen LogP contribution < -0.4 is 15.6 Å². The summed E-state index contributed by atoms with van der Waals surface area (Å²) in [6.07, 6.45) is 5.16. The number of H-pyrrole nitrogens is 1. The Bertz CT molecular complexity index is 1150. The van der Waals surface area contributed by atoms with Gasteiger partial charge in [-0.1, -0.05) is 32.0 Å². The van der Waals surface area contributed by atoms with Gasteiger partial charge in [0.05, 0.1) is 5.52 Å². The Morgan fingerprint density at radius 2 is 1.71 bits per heavy atom. The Balaban J connectivity index is 1.45. The number of rotatable bonds is 7. The molecule has 2 aromatic carbocycles. The number of pyridine rings is 1. The molecule has 0 saturated heterocycles. The first-order valence-electron chi connectivity index (χ1n) is 11.2. The smallest absolute Gasteiger partial charge is 0.308 e. The van der Waals surface area contributed by atoms with E-state index in [2.05, 4.69) is 36.3 Å². The first-order chi connectivity index (χ1) is 15.0. The predicted molar refractivity (Wildman–Crippen MR) is 124 cm³/mol. The zero-order valence-electron chi connectivity index (χ0n) is 18.5. The number of aromatic amines is 1. The molecule has 3 aromatic rings. The van der Waals surface area contributed by atoms with Gasteiger partial charge in [-0.3, -0.25) is 9.59 Å². The van der Waals surface area contributed by atoms with Crippen LogP contribution in [0.5, 0.6) is 5.75 Å². The minimum atomic E-state index is -0.404. The fourth-order valence-corrected chi connectivity index (χ4v) is 4.73. The van der Waals surface area contributed by atoms with Gasteiger partial charge >= 0.3 is 5.97 Å². The van der Waals surface area contributed by atoms with Crippen LogP contribution >= 0.6 is 0 Å². The van der Waals surface area contributed by atoms with Gasteiger partial charge in [0.1, 0.15) is 0 Å². The Morgan fingerprint density at radius 1 is 1.03 bits per heavy atom. The molecule has 0 saturated carbocycles. The van der Waals surface area contributed by atoms with E-state index in [0.717, 1.165) is 49.6 Å². The Kier molecular flexibility index (Phi) is 6.23. The van der Waals surface area contributed by atoms with Crippen LogP contribution in [0.1, 0.15) is 48.6 Å². The van der Waals surface area contributed by atoms with Gasteiger partial charge in [-0.05, 0) is 78.6 Å². The fraction of sp³-hybridized carbons (Fsp3) is 0.385. The van der Waals surface area contributed by atoms with Crippen molar-refractivity contribution in [3.8, 4) is 5.75 Å². The number of hydrogen-bond donors (Lipinski definition) is 2. The van der Waals surface area contributed by atoms with E-state index in [1.807, 2.05) is 6.07 Å². The quantitative estimate of drug-likeness (QED) is 0.451. The maximum Gasteiger partial charge on any atom is 0.308 e. The highest BCUT2D eigenvalue weighted by atomic mass is 16.5. The lowest BCUT2D eigenvalue weighted by Crippen LogP contribution is -2.31. The summed E-state index contributed by atoms with van der Waals surface area (Å²) in [7, 11) is 0. The van der Waals surface area contributed by atoms with Crippen LogP contribution in [0.3, 0.4) is 0 Å². The van der Waals surface area contributed by atoms with Gasteiger partial charge < -0.3 is 15.0 Å². The van der Waals surface area contributed by atoms with Crippen molar-refractivity contribution in [2.45, 2.75) is 58.9 Å². The molecule has 1 aromatic heterocycles. The Labute approximate surface area is 182 Å². The second-order valence-electron chi connectivity index (χ2n) is 8.33. The van der Waals surface area contributed by atoms with Crippen LogP contribution in [0, 0.1) is 0 Å². The molecule has 2 N–H and O–H groups in total. The van der Waals surface area contributed by atoms with Gasteiger partial charge in [-0.15, -0.1) is 0 Å². The molecule has 31 heavy (non-hydrogen) atoms. The SMILES string of the molecule is CCc1cc2c(cc1CC)CC(NCCc1ccc(OC(C)=O)c3[nH]c(=O)ccc13)C2. The molecule has 0 atom stereocenters. The standard InChI is InChI=1S/C26H30N2O3/c1-4-17-12-20-14-22(15-21(20)13-18(17)5-2)27-11-10-19-6-8-24(31-16(3)29)26-23(19)7-9-25(30)28-26/h6-9,12-13,22,27H,4-5,10-11,14-15H2,1-3H3,(H,28,30). The van der Waals surface area contributed by atoms with E-state index >= 15 is 0 Å². The average molecular weight is 419 g/mol. The zero-order valence-corrected chi connectivity index (χ0v) is 18.5. The summed E-state index contributed by atoms with van der Waals surface area (Å²) in [6.45, 7) is 6.67. The van der Waals surface area contributed by atoms with E-state index in [0.29, 0.717) is 17.3 Å². The zero-order chi connectivity index (χ0) is 22.0. The molecule has 0 unspecified atom stereocenters. The summed E-state index contributed by atoms with van der Waals surface area (Å²) >= 11 is 0. The van der Waals surface area contributed by atoms with Crippen LogP contribution in [0.25, 0.3) is 10.9 Å².